The number of amides is 3. The minimum Gasteiger partial charge on any atom is -0.478 e. The Labute approximate surface area is 226 Å². The number of carbonyl (C=O) groups is 2. The first-order chi connectivity index (χ1) is 18.6. The van der Waals surface area contributed by atoms with Gasteiger partial charge in [0.1, 0.15) is 17.1 Å². The molecule has 3 amide bonds. The number of hydrogen-bond donors (Lipinski definition) is 1. The Morgan fingerprint density at radius 3 is 2.62 bits per heavy atom. The number of piperazine rings is 1. The molecular weight excluding hydrogens is 500 g/mol. The molecule has 6 rings (SSSR count). The van der Waals surface area contributed by atoms with E-state index in [1.54, 1.807) is 17.2 Å². The van der Waals surface area contributed by atoms with Gasteiger partial charge in [-0.25, -0.2) is 14.6 Å². The zero-order chi connectivity index (χ0) is 27.5. The number of rotatable bonds is 3. The maximum absolute atomic E-state index is 13.4. The van der Waals surface area contributed by atoms with Crippen LogP contribution in [0.2, 0.25) is 0 Å². The van der Waals surface area contributed by atoms with Crippen molar-refractivity contribution in [2.24, 2.45) is 0 Å². The lowest BCUT2D eigenvalue weighted by Gasteiger charge is -2.43. The van der Waals surface area contributed by atoms with Crippen LogP contribution in [0.15, 0.2) is 24.4 Å². The average Bonchev–Trinajstić information content (AvgIpc) is 3.31. The molecule has 39 heavy (non-hydrogen) atoms. The number of hydrogen-bond acceptors (Lipinski definition) is 8. The largest absolute Gasteiger partial charge is 0.478 e. The molecule has 12 heteroatoms. The number of ether oxygens (including phenoxy) is 2. The molecule has 0 aromatic carbocycles. The van der Waals surface area contributed by atoms with Gasteiger partial charge < -0.3 is 19.7 Å². The van der Waals surface area contributed by atoms with E-state index in [1.807, 2.05) is 44.7 Å². The number of carbonyl (C=O) groups excluding carboxylic acids is 2. The summed E-state index contributed by atoms with van der Waals surface area (Å²) in [4.78, 5) is 36.8. The van der Waals surface area contributed by atoms with Crippen LogP contribution in [-0.4, -0.2) is 81.3 Å². The summed E-state index contributed by atoms with van der Waals surface area (Å²) in [5, 5.41) is 11.6. The zero-order valence-electron chi connectivity index (χ0n) is 23.0. The maximum atomic E-state index is 13.4. The fraction of sp³-hybridized carbons (Fsp3) is 0.519. The highest BCUT2D eigenvalue weighted by Crippen LogP contribution is 2.47. The molecule has 0 unspecified atom stereocenters. The predicted molar refractivity (Wildman–Crippen MR) is 146 cm³/mol. The molecule has 2 fully saturated rings. The summed E-state index contributed by atoms with van der Waals surface area (Å²) < 4.78 is 12.6. The van der Waals surface area contributed by atoms with Gasteiger partial charge in [0.2, 0.25) is 0 Å². The molecule has 1 spiro atoms. The number of anilines is 3. The zero-order valence-corrected chi connectivity index (χ0v) is 23.0. The number of aromatic nitrogens is 4. The molecule has 0 radical (unpaired) electrons. The van der Waals surface area contributed by atoms with Gasteiger partial charge in [-0.15, -0.1) is 9.73 Å². The molecule has 1 aliphatic carbocycles. The first kappa shape index (κ1) is 25.2. The number of nitrogens with zero attached hydrogens (tertiary/aromatic N) is 7. The van der Waals surface area contributed by atoms with E-state index in [1.165, 1.54) is 11.7 Å². The van der Waals surface area contributed by atoms with Gasteiger partial charge in [0, 0.05) is 43.6 Å². The molecule has 3 aromatic rings. The first-order valence-corrected chi connectivity index (χ1v) is 13.3. The Balaban J connectivity index is 1.20. The summed E-state index contributed by atoms with van der Waals surface area (Å²) >= 11 is 0. The summed E-state index contributed by atoms with van der Waals surface area (Å²) in [5.74, 6) is 0.926. The molecule has 5 heterocycles. The van der Waals surface area contributed by atoms with Crippen LogP contribution in [-0.2, 0) is 11.2 Å². The minimum atomic E-state index is -0.524. The van der Waals surface area contributed by atoms with E-state index in [9.17, 15) is 9.59 Å². The van der Waals surface area contributed by atoms with Crippen molar-refractivity contribution in [2.45, 2.75) is 58.1 Å². The Hall–Kier alpha value is -4.09. The number of methoxy groups -OCH3 is 1. The van der Waals surface area contributed by atoms with E-state index < -0.39 is 5.60 Å². The molecule has 3 aliphatic rings. The van der Waals surface area contributed by atoms with Gasteiger partial charge in [0.05, 0.1) is 23.9 Å². The average molecular weight is 535 g/mol. The highest BCUT2D eigenvalue weighted by atomic mass is 16.6. The summed E-state index contributed by atoms with van der Waals surface area (Å²) in [7, 11) is 1.51. The highest BCUT2D eigenvalue weighted by Gasteiger charge is 2.54. The highest BCUT2D eigenvalue weighted by molar-refractivity contribution is 6.03. The van der Waals surface area contributed by atoms with Crippen molar-refractivity contribution in [3.63, 3.8) is 0 Å². The van der Waals surface area contributed by atoms with Gasteiger partial charge in [-0.2, -0.15) is 5.10 Å². The lowest BCUT2D eigenvalue weighted by atomic mass is 10.1. The molecule has 12 nitrogen and oxygen atoms in total. The van der Waals surface area contributed by atoms with E-state index in [0.29, 0.717) is 37.6 Å². The number of pyridine rings is 1. The van der Waals surface area contributed by atoms with Crippen LogP contribution in [0.4, 0.5) is 26.8 Å². The number of urea groups is 1. The van der Waals surface area contributed by atoms with Crippen molar-refractivity contribution in [1.82, 2.24) is 24.7 Å². The second-order valence-corrected chi connectivity index (χ2v) is 11.5. The van der Waals surface area contributed by atoms with E-state index in [2.05, 4.69) is 25.4 Å². The van der Waals surface area contributed by atoms with Crippen LogP contribution in [0.1, 0.15) is 44.9 Å². The molecule has 206 valence electrons. The fourth-order valence-electron chi connectivity index (χ4n) is 5.58. The number of nitrogens with one attached hydrogen (secondary N) is 1. The second-order valence-electron chi connectivity index (χ2n) is 11.5. The summed E-state index contributed by atoms with van der Waals surface area (Å²) in [6, 6.07) is 5.40. The van der Waals surface area contributed by atoms with Gasteiger partial charge in [-0.1, -0.05) is 0 Å². The van der Waals surface area contributed by atoms with Crippen molar-refractivity contribution in [1.29, 1.82) is 0 Å². The predicted octanol–water partition coefficient (Wildman–Crippen LogP) is 3.63. The van der Waals surface area contributed by atoms with Gasteiger partial charge in [0.15, 0.2) is 0 Å². The normalized spacial score (nSPS) is 17.9. The van der Waals surface area contributed by atoms with E-state index >= 15 is 0 Å². The SMILES string of the molecule is COc1nn2nc(C)cc2cc1NC(=O)N1CCc2c(N3CCN(C(=O)OC(C)(C)C)C4(CC4)C3)ccnc21. The Bertz CT molecular complexity index is 1460. The summed E-state index contributed by atoms with van der Waals surface area (Å²) in [6.07, 6.45) is 4.13. The van der Waals surface area contributed by atoms with Crippen LogP contribution < -0.4 is 19.9 Å². The third-order valence-corrected chi connectivity index (χ3v) is 7.51. The third-order valence-electron chi connectivity index (χ3n) is 7.51. The number of aryl methyl sites for hydroxylation is 1. The van der Waals surface area contributed by atoms with Gasteiger partial charge in [-0.3, -0.25) is 9.80 Å². The van der Waals surface area contributed by atoms with Crippen LogP contribution in [0.3, 0.4) is 0 Å². The Morgan fingerprint density at radius 1 is 1.10 bits per heavy atom. The molecule has 1 saturated heterocycles. The minimum absolute atomic E-state index is 0.194. The third kappa shape index (κ3) is 4.57. The second kappa shape index (κ2) is 8.99. The lowest BCUT2D eigenvalue weighted by Crippen LogP contribution is -2.58. The molecule has 2 aliphatic heterocycles. The topological polar surface area (TPSA) is 117 Å². The smallest absolute Gasteiger partial charge is 0.410 e. The molecule has 3 aromatic heterocycles. The van der Waals surface area contributed by atoms with E-state index in [4.69, 9.17) is 9.47 Å². The maximum Gasteiger partial charge on any atom is 0.410 e. The Kier molecular flexibility index (Phi) is 5.81. The summed E-state index contributed by atoms with van der Waals surface area (Å²) in [5.41, 5.74) is 3.43. The van der Waals surface area contributed by atoms with Gasteiger partial charge >= 0.3 is 12.1 Å². The Morgan fingerprint density at radius 2 is 1.90 bits per heavy atom. The quantitative estimate of drug-likeness (QED) is 0.542. The van der Waals surface area contributed by atoms with Crippen LogP contribution in [0.25, 0.3) is 5.52 Å². The molecule has 0 bridgehead atoms. The van der Waals surface area contributed by atoms with Gasteiger partial charge in [0.25, 0.3) is 5.88 Å². The molecule has 1 saturated carbocycles. The molecule has 0 atom stereocenters. The molecular formula is C27H34N8O4. The standard InChI is InChI=1S/C27H34N8O4/c1-17-14-18-15-20(23(38-5)31-35(18)30-17)29-24(36)33-11-7-19-21(6-10-28-22(19)33)32-12-13-34(27(16-32)8-9-27)25(37)39-26(2,3)4/h6,10,14-15H,7-9,11-13,16H2,1-5H3,(H,29,36). The fourth-order valence-corrected chi connectivity index (χ4v) is 5.58. The monoisotopic (exact) mass is 534 g/mol. The van der Waals surface area contributed by atoms with Crippen LogP contribution >= 0.6 is 0 Å². The van der Waals surface area contributed by atoms with E-state index in [0.717, 1.165) is 41.8 Å². The lowest BCUT2D eigenvalue weighted by molar-refractivity contribution is 0.0106. The van der Waals surface area contributed by atoms with Crippen molar-refractivity contribution in [3.8, 4) is 5.88 Å². The number of fused-ring (bicyclic) bond motifs is 2. The van der Waals surface area contributed by atoms with Gasteiger partial charge in [-0.05, 0) is 65.2 Å². The van der Waals surface area contributed by atoms with E-state index in [-0.39, 0.29) is 23.5 Å². The summed E-state index contributed by atoms with van der Waals surface area (Å²) in [6.45, 7) is 10.1. The van der Waals surface area contributed by atoms with Crippen LogP contribution in [0.5, 0.6) is 5.88 Å². The molecule has 1 N–H and O–H groups in total. The van der Waals surface area contributed by atoms with Crippen molar-refractivity contribution >= 4 is 34.8 Å². The van der Waals surface area contributed by atoms with Crippen molar-refractivity contribution < 1.29 is 19.1 Å². The van der Waals surface area contributed by atoms with Crippen LogP contribution in [0, 0.1) is 6.92 Å². The first-order valence-electron chi connectivity index (χ1n) is 13.3. The van der Waals surface area contributed by atoms with Crippen molar-refractivity contribution in [2.75, 3.05) is 48.4 Å². The van der Waals surface area contributed by atoms with Crippen molar-refractivity contribution in [3.05, 3.63) is 35.7 Å².